The van der Waals surface area contributed by atoms with Crippen molar-refractivity contribution in [3.63, 3.8) is 0 Å². The summed E-state index contributed by atoms with van der Waals surface area (Å²) in [5, 5.41) is 14.9. The number of rotatable bonds is 8. The molecule has 8 heteroatoms. The van der Waals surface area contributed by atoms with Gasteiger partial charge in [0.25, 0.3) is 0 Å². The summed E-state index contributed by atoms with van der Waals surface area (Å²) in [7, 11) is 0. The van der Waals surface area contributed by atoms with Gasteiger partial charge < -0.3 is 15.2 Å². The molecule has 2 N–H and O–H groups in total. The predicted octanol–water partition coefficient (Wildman–Crippen LogP) is 3.09. The van der Waals surface area contributed by atoms with E-state index >= 15 is 0 Å². The van der Waals surface area contributed by atoms with E-state index in [4.69, 9.17) is 11.6 Å². The lowest BCUT2D eigenvalue weighted by molar-refractivity contribution is 0.598. The maximum Gasteiger partial charge on any atom is 0.191 e. The summed E-state index contributed by atoms with van der Waals surface area (Å²) in [6.45, 7) is 5.35. The summed E-state index contributed by atoms with van der Waals surface area (Å²) >= 11 is 5.89. The van der Waals surface area contributed by atoms with Gasteiger partial charge in [-0.15, -0.1) is 34.2 Å². The number of unbranched alkanes of at least 4 members (excludes halogenated alkanes) is 1. The number of aliphatic imine (C=N–C) groups is 1. The minimum Gasteiger partial charge on any atom is -0.357 e. The van der Waals surface area contributed by atoms with E-state index in [0.717, 1.165) is 49.0 Å². The normalized spacial score (nSPS) is 11.0. The summed E-state index contributed by atoms with van der Waals surface area (Å²) in [6, 6.07) is 7.76. The van der Waals surface area contributed by atoms with Gasteiger partial charge in [0.1, 0.15) is 12.7 Å². The Morgan fingerprint density at radius 3 is 2.50 bits per heavy atom. The van der Waals surface area contributed by atoms with Crippen molar-refractivity contribution in [3.8, 4) is 0 Å². The quantitative estimate of drug-likeness (QED) is 0.274. The Balaban J connectivity index is 0.00000288. The van der Waals surface area contributed by atoms with E-state index in [1.165, 1.54) is 0 Å². The van der Waals surface area contributed by atoms with Crippen LogP contribution in [0.4, 0.5) is 0 Å². The maximum atomic E-state index is 5.89. The molecule has 6 nitrogen and oxygen atoms in total. The van der Waals surface area contributed by atoms with Crippen LogP contribution in [0.3, 0.4) is 0 Å². The summed E-state index contributed by atoms with van der Waals surface area (Å²) in [5.41, 5.74) is 1.14. The van der Waals surface area contributed by atoms with Crippen LogP contribution < -0.4 is 10.6 Å². The Morgan fingerprint density at radius 2 is 1.83 bits per heavy atom. The van der Waals surface area contributed by atoms with Crippen LogP contribution in [0.2, 0.25) is 5.02 Å². The molecule has 1 heterocycles. The molecule has 0 unspecified atom stereocenters. The third-order valence-electron chi connectivity index (χ3n) is 3.28. The van der Waals surface area contributed by atoms with E-state index in [9.17, 15) is 0 Å². The zero-order chi connectivity index (χ0) is 16.3. The van der Waals surface area contributed by atoms with E-state index in [1.54, 1.807) is 12.7 Å². The number of guanidine groups is 1. The first kappa shape index (κ1) is 20.7. The van der Waals surface area contributed by atoms with E-state index in [2.05, 4.69) is 32.7 Å². The zero-order valence-corrected chi connectivity index (χ0v) is 16.9. The van der Waals surface area contributed by atoms with Crippen LogP contribution in [0.25, 0.3) is 0 Å². The smallest absolute Gasteiger partial charge is 0.191 e. The molecule has 1 aromatic carbocycles. The van der Waals surface area contributed by atoms with Gasteiger partial charge in [0.15, 0.2) is 5.96 Å². The largest absolute Gasteiger partial charge is 0.357 e. The van der Waals surface area contributed by atoms with Gasteiger partial charge in [-0.2, -0.15) is 0 Å². The van der Waals surface area contributed by atoms with Crippen LogP contribution in [-0.4, -0.2) is 33.8 Å². The summed E-state index contributed by atoms with van der Waals surface area (Å²) in [6.07, 6.45) is 5.61. The minimum absolute atomic E-state index is 0. The van der Waals surface area contributed by atoms with Gasteiger partial charge in [0.05, 0.1) is 6.54 Å². The molecule has 0 fully saturated rings. The first-order valence-electron chi connectivity index (χ1n) is 7.87. The fourth-order valence-corrected chi connectivity index (χ4v) is 2.19. The van der Waals surface area contributed by atoms with Crippen LogP contribution in [0.1, 0.15) is 25.3 Å². The van der Waals surface area contributed by atoms with Gasteiger partial charge in [-0.05, 0) is 37.5 Å². The minimum atomic E-state index is 0. The third-order valence-corrected chi connectivity index (χ3v) is 3.53. The molecule has 0 bridgehead atoms. The first-order chi connectivity index (χ1) is 11.3. The topological polar surface area (TPSA) is 67.1 Å². The molecule has 0 aliphatic heterocycles. The molecule has 0 atom stereocenters. The molecular formula is C16H24ClIN6. The first-order valence-corrected chi connectivity index (χ1v) is 8.24. The Labute approximate surface area is 165 Å². The fraction of sp³-hybridized carbons (Fsp3) is 0.438. The number of nitrogens with one attached hydrogen (secondary N) is 2. The van der Waals surface area contributed by atoms with Crippen molar-refractivity contribution >= 4 is 41.5 Å². The van der Waals surface area contributed by atoms with Crippen LogP contribution in [0.15, 0.2) is 41.9 Å². The molecule has 0 saturated carbocycles. The van der Waals surface area contributed by atoms with Crippen molar-refractivity contribution in [1.29, 1.82) is 0 Å². The molecule has 0 radical (unpaired) electrons. The third kappa shape index (κ3) is 7.96. The number of benzene rings is 1. The van der Waals surface area contributed by atoms with Crippen molar-refractivity contribution in [3.05, 3.63) is 47.5 Å². The summed E-state index contributed by atoms with van der Waals surface area (Å²) in [4.78, 5) is 4.59. The second-order valence-electron chi connectivity index (χ2n) is 5.16. The Morgan fingerprint density at radius 1 is 1.12 bits per heavy atom. The lowest BCUT2D eigenvalue weighted by Crippen LogP contribution is -2.37. The van der Waals surface area contributed by atoms with Crippen LogP contribution in [-0.2, 0) is 13.1 Å². The SMILES string of the molecule is CCNC(=NCc1ccc(Cl)cc1)NCCCCn1cnnc1.I. The second-order valence-corrected chi connectivity index (χ2v) is 5.59. The molecular weight excluding hydrogens is 439 g/mol. The van der Waals surface area contributed by atoms with Gasteiger partial charge in [0, 0.05) is 24.7 Å². The number of nitrogens with zero attached hydrogens (tertiary/aromatic N) is 4. The molecule has 0 spiro atoms. The standard InChI is InChI=1S/C16H23ClN6.HI/c1-2-18-16(20-11-14-5-7-15(17)8-6-14)19-9-3-4-10-23-12-21-22-13-23;/h5-8,12-13H,2-4,9-11H2,1H3,(H2,18,19,20);1H. The number of aryl methyl sites for hydroxylation is 1. The maximum absolute atomic E-state index is 5.89. The van der Waals surface area contributed by atoms with Crippen LogP contribution in [0.5, 0.6) is 0 Å². The predicted molar refractivity (Wildman–Crippen MR) is 109 cm³/mol. The average molecular weight is 463 g/mol. The molecule has 132 valence electrons. The van der Waals surface area contributed by atoms with E-state index in [-0.39, 0.29) is 24.0 Å². The van der Waals surface area contributed by atoms with Crippen LogP contribution >= 0.6 is 35.6 Å². The fourth-order valence-electron chi connectivity index (χ4n) is 2.07. The van der Waals surface area contributed by atoms with E-state index in [0.29, 0.717) is 6.54 Å². The number of hydrogen-bond acceptors (Lipinski definition) is 3. The van der Waals surface area contributed by atoms with Gasteiger partial charge >= 0.3 is 0 Å². The molecule has 2 aromatic rings. The van der Waals surface area contributed by atoms with Crippen molar-refractivity contribution in [2.75, 3.05) is 13.1 Å². The molecule has 1 aromatic heterocycles. The Bertz CT molecular complexity index is 585. The lowest BCUT2D eigenvalue weighted by atomic mass is 10.2. The zero-order valence-electron chi connectivity index (χ0n) is 13.8. The number of halogens is 2. The average Bonchev–Trinajstić information content (AvgIpc) is 3.07. The Kier molecular flexibility index (Phi) is 10.4. The molecule has 2 rings (SSSR count). The monoisotopic (exact) mass is 462 g/mol. The second kappa shape index (κ2) is 12.1. The highest BCUT2D eigenvalue weighted by Gasteiger charge is 1.98. The number of hydrogen-bond donors (Lipinski definition) is 2. The van der Waals surface area contributed by atoms with Gasteiger partial charge in [0.2, 0.25) is 0 Å². The highest BCUT2D eigenvalue weighted by molar-refractivity contribution is 14.0. The molecule has 0 aliphatic carbocycles. The molecule has 0 saturated heterocycles. The summed E-state index contributed by atoms with van der Waals surface area (Å²) in [5.74, 6) is 0.840. The highest BCUT2D eigenvalue weighted by atomic mass is 127. The van der Waals surface area contributed by atoms with Crippen molar-refractivity contribution < 1.29 is 0 Å². The van der Waals surface area contributed by atoms with E-state index in [1.807, 2.05) is 28.8 Å². The van der Waals surface area contributed by atoms with Gasteiger partial charge in [-0.25, -0.2) is 4.99 Å². The Hall–Kier alpha value is -1.35. The van der Waals surface area contributed by atoms with Gasteiger partial charge in [-0.1, -0.05) is 23.7 Å². The molecule has 0 aliphatic rings. The van der Waals surface area contributed by atoms with Gasteiger partial charge in [-0.3, -0.25) is 0 Å². The van der Waals surface area contributed by atoms with E-state index < -0.39 is 0 Å². The van der Waals surface area contributed by atoms with Crippen LogP contribution in [0, 0.1) is 0 Å². The summed E-state index contributed by atoms with van der Waals surface area (Å²) < 4.78 is 1.99. The highest BCUT2D eigenvalue weighted by Crippen LogP contribution is 2.10. The lowest BCUT2D eigenvalue weighted by Gasteiger charge is -2.11. The van der Waals surface area contributed by atoms with Crippen molar-refractivity contribution in [2.45, 2.75) is 32.9 Å². The van der Waals surface area contributed by atoms with Crippen molar-refractivity contribution in [2.24, 2.45) is 4.99 Å². The number of aromatic nitrogens is 3. The molecule has 0 amide bonds. The van der Waals surface area contributed by atoms with Crippen molar-refractivity contribution in [1.82, 2.24) is 25.4 Å². The molecule has 24 heavy (non-hydrogen) atoms.